The fourth-order valence-corrected chi connectivity index (χ4v) is 6.93. The molecule has 0 spiro atoms. The summed E-state index contributed by atoms with van der Waals surface area (Å²) >= 11 is 6.48. The minimum Gasteiger partial charge on any atom is -0.501 e. The number of pyridine rings is 1. The van der Waals surface area contributed by atoms with E-state index in [0.29, 0.717) is 34.8 Å². The number of rotatable bonds is 5. The number of hydrogen-bond donors (Lipinski definition) is 1. The average Bonchev–Trinajstić information content (AvgIpc) is 3.57. The molecule has 0 amide bonds. The smallest absolute Gasteiger partial charge is 0.300 e. The quantitative estimate of drug-likeness (QED) is 0.331. The van der Waals surface area contributed by atoms with Gasteiger partial charge in [0, 0.05) is 62.0 Å². The van der Waals surface area contributed by atoms with Gasteiger partial charge in [0.05, 0.1) is 29.1 Å². The Morgan fingerprint density at radius 3 is 2.76 bits per heavy atom. The van der Waals surface area contributed by atoms with E-state index in [1.807, 2.05) is 13.1 Å². The zero-order chi connectivity index (χ0) is 26.4. The number of thiazole rings is 1. The van der Waals surface area contributed by atoms with Crippen LogP contribution in [0.1, 0.15) is 10.4 Å². The molecule has 0 radical (unpaired) electrons. The van der Waals surface area contributed by atoms with Crippen molar-refractivity contribution in [2.45, 2.75) is 6.42 Å². The molecule has 0 bridgehead atoms. The van der Waals surface area contributed by atoms with Crippen LogP contribution < -0.4 is 14.8 Å². The third-order valence-corrected chi connectivity index (χ3v) is 9.14. The second-order valence-electron chi connectivity index (χ2n) is 9.07. The van der Waals surface area contributed by atoms with Gasteiger partial charge in [-0.2, -0.15) is 0 Å². The number of likely N-dealkylation sites (N-methyl/N-ethyl adjacent to an activating group) is 1. The van der Waals surface area contributed by atoms with Crippen LogP contribution in [0, 0.1) is 5.82 Å². The summed E-state index contributed by atoms with van der Waals surface area (Å²) in [4.78, 5) is 25.3. The van der Waals surface area contributed by atoms with Crippen LogP contribution in [0.3, 0.4) is 0 Å². The molecule has 2 aliphatic heterocycles. The highest BCUT2D eigenvalue weighted by Gasteiger charge is 2.23. The van der Waals surface area contributed by atoms with Crippen molar-refractivity contribution in [2.75, 3.05) is 55.6 Å². The Morgan fingerprint density at radius 1 is 1.18 bits per heavy atom. The van der Waals surface area contributed by atoms with Crippen molar-refractivity contribution in [1.82, 2.24) is 18.7 Å². The van der Waals surface area contributed by atoms with Crippen molar-refractivity contribution in [3.05, 3.63) is 67.7 Å². The molecule has 38 heavy (non-hydrogen) atoms. The Morgan fingerprint density at radius 2 is 2.00 bits per heavy atom. The van der Waals surface area contributed by atoms with Gasteiger partial charge in [-0.05, 0) is 46.7 Å². The molecule has 0 saturated carbocycles. The molecule has 1 aromatic carbocycles. The number of anilines is 2. The van der Waals surface area contributed by atoms with E-state index >= 15 is 0 Å². The molecule has 2 fully saturated rings. The van der Waals surface area contributed by atoms with Crippen LogP contribution in [0.2, 0.25) is 0 Å². The third kappa shape index (κ3) is 4.89. The van der Waals surface area contributed by atoms with Crippen LogP contribution in [0.5, 0.6) is 5.75 Å². The molecule has 1 N–H and O–H groups in total. The van der Waals surface area contributed by atoms with Gasteiger partial charge in [0.1, 0.15) is 16.5 Å². The number of halogens is 2. The summed E-state index contributed by atoms with van der Waals surface area (Å²) in [6.07, 6.45) is 3.95. The standard InChI is InChI=1S/C25H24BrFN6O3S2/c1-30-4-5-33(38-30)20-11-16(27)3-2-15(20)10-18-13-28-24(37-18)21-22(34)25(35)32-14-17(12-19(26)23(32)29-21)31-6-8-36-9-7-31/h2-3,11-14,34H,4-10H2,1H3. The van der Waals surface area contributed by atoms with Crippen molar-refractivity contribution in [3.63, 3.8) is 0 Å². The van der Waals surface area contributed by atoms with Crippen LogP contribution in [0.25, 0.3) is 16.3 Å². The van der Waals surface area contributed by atoms with Crippen LogP contribution in [0.15, 0.2) is 45.9 Å². The Labute approximate surface area is 234 Å². The number of ether oxygens (including phenoxy) is 1. The van der Waals surface area contributed by atoms with Gasteiger partial charge in [-0.15, -0.1) is 11.3 Å². The highest BCUT2D eigenvalue weighted by atomic mass is 79.9. The average molecular weight is 620 g/mol. The number of benzene rings is 1. The Bertz CT molecular complexity index is 1570. The van der Waals surface area contributed by atoms with Crippen molar-refractivity contribution < 1.29 is 14.2 Å². The van der Waals surface area contributed by atoms with E-state index in [1.165, 1.54) is 21.8 Å². The summed E-state index contributed by atoms with van der Waals surface area (Å²) in [5.41, 5.74) is 2.62. The van der Waals surface area contributed by atoms with Gasteiger partial charge in [-0.1, -0.05) is 6.07 Å². The van der Waals surface area contributed by atoms with Crippen molar-refractivity contribution >= 4 is 56.4 Å². The largest absolute Gasteiger partial charge is 0.501 e. The number of aromatic nitrogens is 3. The van der Waals surface area contributed by atoms with Gasteiger partial charge in [0.15, 0.2) is 5.65 Å². The van der Waals surface area contributed by atoms with Crippen LogP contribution in [-0.4, -0.2) is 70.2 Å². The van der Waals surface area contributed by atoms with Gasteiger partial charge < -0.3 is 19.0 Å². The van der Waals surface area contributed by atoms with E-state index in [-0.39, 0.29) is 11.5 Å². The molecule has 2 aliphatic rings. The molecule has 0 unspecified atom stereocenters. The molecule has 3 aromatic heterocycles. The molecule has 6 rings (SSSR count). The first-order chi connectivity index (χ1) is 18.4. The zero-order valence-corrected chi connectivity index (χ0v) is 23.7. The third-order valence-electron chi connectivity index (χ3n) is 6.51. The second-order valence-corrected chi connectivity index (χ2v) is 12.3. The highest BCUT2D eigenvalue weighted by Crippen LogP contribution is 2.36. The molecule has 13 heteroatoms. The first-order valence-corrected chi connectivity index (χ1v) is 14.4. The Hall–Kier alpha value is -2.71. The highest BCUT2D eigenvalue weighted by molar-refractivity contribution is 9.10. The summed E-state index contributed by atoms with van der Waals surface area (Å²) in [5.74, 6) is -0.731. The maximum Gasteiger partial charge on any atom is 0.300 e. The predicted molar refractivity (Wildman–Crippen MR) is 152 cm³/mol. The first-order valence-electron chi connectivity index (χ1n) is 12.1. The van der Waals surface area contributed by atoms with E-state index in [1.54, 1.807) is 36.7 Å². The van der Waals surface area contributed by atoms with Crippen molar-refractivity contribution in [3.8, 4) is 16.5 Å². The van der Waals surface area contributed by atoms with Gasteiger partial charge in [0.2, 0.25) is 5.75 Å². The number of morpholine rings is 1. The van der Waals surface area contributed by atoms with E-state index in [9.17, 15) is 14.3 Å². The van der Waals surface area contributed by atoms with Crippen molar-refractivity contribution in [2.24, 2.45) is 0 Å². The molecule has 0 atom stereocenters. The van der Waals surface area contributed by atoms with Gasteiger partial charge in [-0.3, -0.25) is 9.20 Å². The van der Waals surface area contributed by atoms with Gasteiger partial charge in [0.25, 0.3) is 0 Å². The lowest BCUT2D eigenvalue weighted by Crippen LogP contribution is -2.36. The van der Waals surface area contributed by atoms with E-state index in [0.717, 1.165) is 48.0 Å². The summed E-state index contributed by atoms with van der Waals surface area (Å²) in [6, 6.07) is 6.74. The van der Waals surface area contributed by atoms with Crippen LogP contribution >= 0.6 is 39.4 Å². The molecule has 198 valence electrons. The maximum atomic E-state index is 14.1. The topological polar surface area (TPSA) is 86.4 Å². The van der Waals surface area contributed by atoms with E-state index in [4.69, 9.17) is 4.74 Å². The molecule has 4 aromatic rings. The summed E-state index contributed by atoms with van der Waals surface area (Å²) < 4.78 is 25.7. The lowest BCUT2D eigenvalue weighted by atomic mass is 10.1. The Kier molecular flexibility index (Phi) is 7.03. The molecular formula is C25H24BrFN6O3S2. The summed E-state index contributed by atoms with van der Waals surface area (Å²) in [5, 5.41) is 11.3. The SMILES string of the molecule is CN1CCN(c2cc(F)ccc2Cc2cnc(-c3nc4c(Br)cc(N5CCOCC5)cn4c(=O)c3O)s2)S1. The lowest BCUT2D eigenvalue weighted by molar-refractivity contribution is 0.122. The number of fused-ring (bicyclic) bond motifs is 1. The first kappa shape index (κ1) is 25.6. The van der Waals surface area contributed by atoms with Gasteiger partial charge >= 0.3 is 5.56 Å². The fraction of sp³-hybridized carbons (Fsp3) is 0.320. The predicted octanol–water partition coefficient (Wildman–Crippen LogP) is 4.17. The molecule has 5 heterocycles. The molecule has 9 nitrogen and oxygen atoms in total. The molecule has 2 saturated heterocycles. The normalized spacial score (nSPS) is 16.6. The van der Waals surface area contributed by atoms with Crippen LogP contribution in [0.4, 0.5) is 15.8 Å². The van der Waals surface area contributed by atoms with Gasteiger partial charge in [-0.25, -0.2) is 18.7 Å². The number of aromatic hydroxyl groups is 1. The minimum absolute atomic E-state index is 0.141. The van der Waals surface area contributed by atoms with E-state index in [2.05, 4.69) is 39.4 Å². The monoisotopic (exact) mass is 618 g/mol. The maximum absolute atomic E-state index is 14.1. The molecule has 0 aliphatic carbocycles. The second kappa shape index (κ2) is 10.5. The molecular weight excluding hydrogens is 595 g/mol. The van der Waals surface area contributed by atoms with E-state index < -0.39 is 11.3 Å². The number of hydrogen-bond acceptors (Lipinski definition) is 10. The lowest BCUT2D eigenvalue weighted by Gasteiger charge is -2.29. The summed E-state index contributed by atoms with van der Waals surface area (Å²) in [6.45, 7) is 4.35. The van der Waals surface area contributed by atoms with Crippen molar-refractivity contribution in [1.29, 1.82) is 0 Å². The summed E-state index contributed by atoms with van der Waals surface area (Å²) in [7, 11) is 2.01. The Balaban J connectivity index is 1.33. The van der Waals surface area contributed by atoms with Crippen LogP contribution in [-0.2, 0) is 11.2 Å². The number of nitrogens with zero attached hydrogens (tertiary/aromatic N) is 6. The zero-order valence-electron chi connectivity index (χ0n) is 20.4. The minimum atomic E-state index is -0.562. The fourth-order valence-electron chi connectivity index (χ4n) is 4.57.